The number of aliphatic hydroxyl groups excluding tert-OH is 1. The number of carbonyl (C=O) groups is 4. The maximum absolute atomic E-state index is 13.1. The zero-order chi connectivity index (χ0) is 70.1. The molecule has 0 aliphatic heterocycles. The number of phosphoric ester groups is 2. The average molecular weight is 1400 g/mol. The Morgan fingerprint density at radius 1 is 0.305 bits per heavy atom. The van der Waals surface area contributed by atoms with Gasteiger partial charge in [0.15, 0.2) is 12.2 Å². The molecule has 0 bridgehead atoms. The minimum absolute atomic E-state index is 0.106. The molecule has 0 aromatic heterocycles. The molecule has 0 aliphatic rings. The molecule has 0 aliphatic carbocycles. The summed E-state index contributed by atoms with van der Waals surface area (Å²) in [5, 5.41) is 10.6. The van der Waals surface area contributed by atoms with E-state index in [2.05, 4.69) is 48.5 Å². The van der Waals surface area contributed by atoms with Crippen LogP contribution in [0.15, 0.2) is 0 Å². The van der Waals surface area contributed by atoms with Crippen molar-refractivity contribution in [2.75, 3.05) is 39.6 Å². The van der Waals surface area contributed by atoms with Crippen LogP contribution in [0.5, 0.6) is 0 Å². The van der Waals surface area contributed by atoms with Gasteiger partial charge in [0, 0.05) is 25.7 Å². The molecular formula is C76H148O17P2. The molecule has 3 N–H and O–H groups in total. The summed E-state index contributed by atoms with van der Waals surface area (Å²) < 4.78 is 68.3. The van der Waals surface area contributed by atoms with Crippen molar-refractivity contribution in [3.05, 3.63) is 0 Å². The predicted molar refractivity (Wildman–Crippen MR) is 386 cm³/mol. The Labute approximate surface area is 581 Å². The second kappa shape index (κ2) is 66.6. The summed E-state index contributed by atoms with van der Waals surface area (Å²) in [5.74, 6) is 0.294. The summed E-state index contributed by atoms with van der Waals surface area (Å²) >= 11 is 0. The molecular weight excluding hydrogens is 1250 g/mol. The number of unbranched alkanes of at least 4 members (excludes halogenated alkanes) is 41. The molecule has 0 aromatic rings. The first kappa shape index (κ1) is 93.1. The quantitative estimate of drug-likeness (QED) is 0.0222. The lowest BCUT2D eigenvalue weighted by atomic mass is 9.99. The Kier molecular flexibility index (Phi) is 65.2. The summed E-state index contributed by atoms with van der Waals surface area (Å²) in [5.41, 5.74) is 0. The minimum Gasteiger partial charge on any atom is -0.462 e. The summed E-state index contributed by atoms with van der Waals surface area (Å²) in [4.78, 5) is 72.5. The van der Waals surface area contributed by atoms with Gasteiger partial charge >= 0.3 is 39.5 Å². The normalized spacial score (nSPS) is 14.4. The van der Waals surface area contributed by atoms with Crippen LogP contribution in [0.25, 0.3) is 0 Å². The number of ether oxygens (including phenoxy) is 4. The van der Waals surface area contributed by atoms with Crippen LogP contribution >= 0.6 is 15.6 Å². The predicted octanol–water partition coefficient (Wildman–Crippen LogP) is 22.2. The zero-order valence-electron chi connectivity index (χ0n) is 62.1. The van der Waals surface area contributed by atoms with Gasteiger partial charge in [-0.2, -0.15) is 0 Å². The lowest BCUT2D eigenvalue weighted by Gasteiger charge is -2.21. The van der Waals surface area contributed by atoms with Crippen molar-refractivity contribution < 1.29 is 80.2 Å². The molecule has 0 spiro atoms. The lowest BCUT2D eigenvalue weighted by Crippen LogP contribution is -2.30. The highest BCUT2D eigenvalue weighted by molar-refractivity contribution is 7.47. The van der Waals surface area contributed by atoms with Gasteiger partial charge in [0.05, 0.1) is 26.4 Å². The van der Waals surface area contributed by atoms with Crippen LogP contribution in [0.2, 0.25) is 0 Å². The van der Waals surface area contributed by atoms with E-state index < -0.39 is 97.5 Å². The summed E-state index contributed by atoms with van der Waals surface area (Å²) in [7, 11) is -9.90. The second-order valence-corrected chi connectivity index (χ2v) is 31.5. The van der Waals surface area contributed by atoms with Crippen LogP contribution in [0.3, 0.4) is 0 Å². The van der Waals surface area contributed by atoms with Crippen LogP contribution in [-0.4, -0.2) is 96.7 Å². The van der Waals surface area contributed by atoms with Gasteiger partial charge in [0.25, 0.3) is 0 Å². The highest BCUT2D eigenvalue weighted by atomic mass is 31.2. The van der Waals surface area contributed by atoms with Gasteiger partial charge in [0.1, 0.15) is 19.3 Å². The van der Waals surface area contributed by atoms with E-state index in [0.29, 0.717) is 25.7 Å². The van der Waals surface area contributed by atoms with Crippen molar-refractivity contribution in [1.29, 1.82) is 0 Å². The number of aliphatic hydroxyl groups is 1. The van der Waals surface area contributed by atoms with Gasteiger partial charge in [-0.3, -0.25) is 37.3 Å². The Hall–Kier alpha value is -1.94. The van der Waals surface area contributed by atoms with E-state index in [1.807, 2.05) is 0 Å². The topological polar surface area (TPSA) is 237 Å². The number of phosphoric acid groups is 2. The van der Waals surface area contributed by atoms with Crippen LogP contribution in [0, 0.1) is 17.8 Å². The van der Waals surface area contributed by atoms with Crippen LogP contribution in [-0.2, 0) is 65.4 Å². The highest BCUT2D eigenvalue weighted by Gasteiger charge is 2.30. The molecule has 564 valence electrons. The van der Waals surface area contributed by atoms with Crippen LogP contribution < -0.4 is 0 Å². The molecule has 95 heavy (non-hydrogen) atoms. The third-order valence-electron chi connectivity index (χ3n) is 18.0. The Morgan fingerprint density at radius 2 is 0.537 bits per heavy atom. The van der Waals surface area contributed by atoms with Gasteiger partial charge < -0.3 is 33.8 Å². The molecule has 0 heterocycles. The molecule has 0 saturated carbocycles. The number of hydrogen-bond acceptors (Lipinski definition) is 15. The average Bonchev–Trinajstić information content (AvgIpc) is 2.50. The van der Waals surface area contributed by atoms with E-state index in [4.69, 9.17) is 37.0 Å². The Balaban J connectivity index is 5.15. The first-order chi connectivity index (χ1) is 45.8. The fourth-order valence-corrected chi connectivity index (χ4v) is 13.1. The fourth-order valence-electron chi connectivity index (χ4n) is 11.6. The third-order valence-corrected chi connectivity index (χ3v) is 19.9. The smallest absolute Gasteiger partial charge is 0.462 e. The summed E-state index contributed by atoms with van der Waals surface area (Å²) in [6.07, 6.45) is 53.0. The molecule has 19 heteroatoms. The van der Waals surface area contributed by atoms with Gasteiger partial charge in [-0.1, -0.05) is 337 Å². The lowest BCUT2D eigenvalue weighted by molar-refractivity contribution is -0.161. The van der Waals surface area contributed by atoms with Gasteiger partial charge in [-0.15, -0.1) is 0 Å². The number of hydrogen-bond donors (Lipinski definition) is 3. The first-order valence-corrected chi connectivity index (χ1v) is 42.4. The van der Waals surface area contributed by atoms with E-state index >= 15 is 0 Å². The molecule has 0 amide bonds. The van der Waals surface area contributed by atoms with Crippen LogP contribution in [0.1, 0.15) is 389 Å². The fraction of sp³-hybridized carbons (Fsp3) is 0.947. The third kappa shape index (κ3) is 69.0. The molecule has 0 rings (SSSR count). The van der Waals surface area contributed by atoms with Gasteiger partial charge in [0.2, 0.25) is 0 Å². The summed E-state index contributed by atoms with van der Waals surface area (Å²) in [6, 6.07) is 0. The SMILES string of the molecule is CCCCCCCC(=O)OC[C@H](COP(=O)(O)OC[C@H](O)COP(=O)(O)OC[C@@H](COC(=O)CCCCCCCCCCCCCCCCC(C)C)OC(=O)CCCCCCCCCCCCCCCCC(C)CC)OC(=O)CCCCCCCCCCCCCCC(C)C. The van der Waals surface area contributed by atoms with Crippen molar-refractivity contribution in [1.82, 2.24) is 0 Å². The molecule has 6 atom stereocenters. The van der Waals surface area contributed by atoms with E-state index in [0.717, 1.165) is 114 Å². The van der Waals surface area contributed by atoms with Crippen LogP contribution in [0.4, 0.5) is 0 Å². The Morgan fingerprint density at radius 3 is 0.800 bits per heavy atom. The second-order valence-electron chi connectivity index (χ2n) is 28.6. The standard InChI is InChI=1S/C76H148O17P2/c1-8-10-11-40-50-57-73(78)86-63-71(92-75(80)59-53-46-39-33-27-21-20-23-29-35-42-48-55-68(5)6)65-90-94(82,83)88-61-70(77)62-89-95(84,85)91-66-72(64-87-74(79)58-51-44-37-31-25-18-14-12-16-22-28-34-41-47-54-67(3)4)93-76(81)60-52-45-38-32-26-19-15-13-17-24-30-36-43-49-56-69(7)9-2/h67-72,77H,8-66H2,1-7H3,(H,82,83)(H,84,85)/t69?,70-,71+,72+/m0/s1. The van der Waals surface area contributed by atoms with E-state index in [1.165, 1.54) is 193 Å². The largest absolute Gasteiger partial charge is 0.472 e. The monoisotopic (exact) mass is 1400 g/mol. The molecule has 0 fully saturated rings. The first-order valence-electron chi connectivity index (χ1n) is 39.4. The van der Waals surface area contributed by atoms with Crippen molar-refractivity contribution >= 4 is 39.5 Å². The zero-order valence-corrected chi connectivity index (χ0v) is 63.9. The van der Waals surface area contributed by atoms with Crippen molar-refractivity contribution in [3.63, 3.8) is 0 Å². The molecule has 3 unspecified atom stereocenters. The van der Waals surface area contributed by atoms with Crippen molar-refractivity contribution in [3.8, 4) is 0 Å². The summed E-state index contributed by atoms with van der Waals surface area (Å²) in [6.45, 7) is 11.9. The van der Waals surface area contributed by atoms with E-state index in [1.54, 1.807) is 0 Å². The minimum atomic E-state index is -4.96. The number of rotatable bonds is 74. The van der Waals surface area contributed by atoms with Gasteiger partial charge in [-0.05, 0) is 43.4 Å². The van der Waals surface area contributed by atoms with E-state index in [9.17, 15) is 43.2 Å². The van der Waals surface area contributed by atoms with Crippen molar-refractivity contribution in [2.24, 2.45) is 17.8 Å². The molecule has 0 radical (unpaired) electrons. The maximum Gasteiger partial charge on any atom is 0.472 e. The van der Waals surface area contributed by atoms with Crippen molar-refractivity contribution in [2.45, 2.75) is 407 Å². The highest BCUT2D eigenvalue weighted by Crippen LogP contribution is 2.45. The van der Waals surface area contributed by atoms with E-state index in [-0.39, 0.29) is 25.7 Å². The Bertz CT molecular complexity index is 1850. The number of carbonyl (C=O) groups excluding carboxylic acids is 4. The molecule has 17 nitrogen and oxygen atoms in total. The van der Waals surface area contributed by atoms with Gasteiger partial charge in [-0.25, -0.2) is 9.13 Å². The number of esters is 4. The molecule has 0 saturated heterocycles. The molecule has 0 aromatic carbocycles. The maximum atomic E-state index is 13.1.